The van der Waals surface area contributed by atoms with E-state index in [1.54, 1.807) is 6.33 Å². The maximum Gasteiger partial charge on any atom is 0.137 e. The quantitative estimate of drug-likeness (QED) is 0.769. The van der Waals surface area contributed by atoms with Crippen molar-refractivity contribution in [2.45, 2.75) is 32.2 Å². The predicted octanol–water partition coefficient (Wildman–Crippen LogP) is 3.24. The largest absolute Gasteiger partial charge is 0.310 e. The van der Waals surface area contributed by atoms with Crippen LogP contribution in [0.5, 0.6) is 0 Å². The molecule has 0 saturated heterocycles. The average Bonchev–Trinajstić information content (AvgIpc) is 2.92. The molecule has 1 atom stereocenters. The number of rotatable bonds is 7. The van der Waals surface area contributed by atoms with E-state index in [0.717, 1.165) is 36.1 Å². The van der Waals surface area contributed by atoms with Crippen molar-refractivity contribution in [3.05, 3.63) is 46.5 Å². The molecule has 0 aliphatic rings. The minimum atomic E-state index is 0.409. The van der Waals surface area contributed by atoms with Gasteiger partial charge in [0.05, 0.1) is 0 Å². The molecule has 0 bridgehead atoms. The highest BCUT2D eigenvalue weighted by atomic mass is 79.9. The lowest BCUT2D eigenvalue weighted by Crippen LogP contribution is -2.22. The molecule has 102 valence electrons. The summed E-state index contributed by atoms with van der Waals surface area (Å²) in [5, 5.41) is 10.3. The van der Waals surface area contributed by atoms with Gasteiger partial charge in [-0.2, -0.15) is 5.10 Å². The normalized spacial score (nSPS) is 12.5. The van der Waals surface area contributed by atoms with Gasteiger partial charge in [-0.15, -0.1) is 0 Å². The van der Waals surface area contributed by atoms with Crippen LogP contribution in [0.2, 0.25) is 0 Å². The van der Waals surface area contributed by atoms with Crippen LogP contribution in [0.1, 0.15) is 37.2 Å². The van der Waals surface area contributed by atoms with Gasteiger partial charge < -0.3 is 5.32 Å². The molecule has 0 aliphatic heterocycles. The Morgan fingerprint density at radius 1 is 1.42 bits per heavy atom. The molecule has 0 saturated carbocycles. The summed E-state index contributed by atoms with van der Waals surface area (Å²) >= 11 is 3.52. The Labute approximate surface area is 122 Å². The van der Waals surface area contributed by atoms with Gasteiger partial charge in [0.25, 0.3) is 0 Å². The number of halogens is 1. The predicted molar refractivity (Wildman–Crippen MR) is 79.9 cm³/mol. The van der Waals surface area contributed by atoms with Crippen LogP contribution in [-0.4, -0.2) is 21.7 Å². The molecule has 2 aromatic rings. The van der Waals surface area contributed by atoms with E-state index in [0.29, 0.717) is 6.04 Å². The molecule has 0 radical (unpaired) electrons. The van der Waals surface area contributed by atoms with E-state index < -0.39 is 0 Å². The van der Waals surface area contributed by atoms with Crippen molar-refractivity contribution < 1.29 is 0 Å². The minimum Gasteiger partial charge on any atom is -0.310 e. The molecule has 2 N–H and O–H groups in total. The lowest BCUT2D eigenvalue weighted by molar-refractivity contribution is 0.508. The molecule has 1 aromatic carbocycles. The molecule has 4 nitrogen and oxygen atoms in total. The van der Waals surface area contributed by atoms with Crippen LogP contribution < -0.4 is 5.32 Å². The highest BCUT2D eigenvalue weighted by molar-refractivity contribution is 9.10. The number of hydrogen-bond donors (Lipinski definition) is 2. The van der Waals surface area contributed by atoms with Gasteiger partial charge in [-0.3, -0.25) is 5.10 Å². The lowest BCUT2D eigenvalue weighted by atomic mass is 10.0. The third kappa shape index (κ3) is 4.44. The number of nitrogens with one attached hydrogen (secondary N) is 2. The zero-order valence-corrected chi connectivity index (χ0v) is 12.7. The third-order valence-electron chi connectivity index (χ3n) is 3.11. The van der Waals surface area contributed by atoms with Gasteiger partial charge in [-0.05, 0) is 37.1 Å². The van der Waals surface area contributed by atoms with Gasteiger partial charge in [-0.1, -0.05) is 35.0 Å². The fourth-order valence-corrected chi connectivity index (χ4v) is 2.52. The van der Waals surface area contributed by atoms with E-state index in [1.807, 2.05) is 0 Å². The van der Waals surface area contributed by atoms with Crippen LogP contribution in [0.3, 0.4) is 0 Å². The lowest BCUT2D eigenvalue weighted by Gasteiger charge is -2.17. The second-order valence-corrected chi connectivity index (χ2v) is 5.42. The summed E-state index contributed by atoms with van der Waals surface area (Å²) < 4.78 is 1.13. The Bertz CT molecular complexity index is 484. The molecule has 2 rings (SSSR count). The highest BCUT2D eigenvalue weighted by Gasteiger charge is 2.08. The Morgan fingerprint density at radius 2 is 2.32 bits per heavy atom. The second kappa shape index (κ2) is 7.40. The standard InChI is InChI=1S/C14H19BrN4/c1-2-13(11-5-3-6-12(15)9-11)16-8-4-7-14-17-10-18-19-14/h3,5-6,9-10,13,16H,2,4,7-8H2,1H3,(H,17,18,19). The molecule has 0 fully saturated rings. The van der Waals surface area contributed by atoms with Crippen LogP contribution >= 0.6 is 15.9 Å². The summed E-state index contributed by atoms with van der Waals surface area (Å²) in [6.07, 6.45) is 4.62. The molecule has 1 heterocycles. The number of aromatic amines is 1. The number of aromatic nitrogens is 3. The van der Waals surface area contributed by atoms with E-state index in [-0.39, 0.29) is 0 Å². The van der Waals surface area contributed by atoms with E-state index in [1.165, 1.54) is 5.56 Å². The molecule has 1 aromatic heterocycles. The van der Waals surface area contributed by atoms with Crippen molar-refractivity contribution in [2.24, 2.45) is 0 Å². The zero-order chi connectivity index (χ0) is 13.5. The van der Waals surface area contributed by atoms with Crippen molar-refractivity contribution in [1.29, 1.82) is 0 Å². The number of hydrogen-bond acceptors (Lipinski definition) is 3. The van der Waals surface area contributed by atoms with Crippen LogP contribution in [0.4, 0.5) is 0 Å². The smallest absolute Gasteiger partial charge is 0.137 e. The first-order valence-electron chi connectivity index (χ1n) is 6.62. The summed E-state index contributed by atoms with van der Waals surface area (Å²) in [5.74, 6) is 0.956. The van der Waals surface area contributed by atoms with E-state index in [9.17, 15) is 0 Å². The maximum absolute atomic E-state index is 4.12. The summed E-state index contributed by atoms with van der Waals surface area (Å²) in [4.78, 5) is 4.12. The fraction of sp³-hybridized carbons (Fsp3) is 0.429. The van der Waals surface area contributed by atoms with E-state index in [2.05, 4.69) is 67.6 Å². The Kier molecular flexibility index (Phi) is 5.54. The molecule has 0 amide bonds. The van der Waals surface area contributed by atoms with E-state index in [4.69, 9.17) is 0 Å². The number of aryl methyl sites for hydroxylation is 1. The summed E-state index contributed by atoms with van der Waals surface area (Å²) in [7, 11) is 0. The summed E-state index contributed by atoms with van der Waals surface area (Å²) in [5.41, 5.74) is 1.33. The third-order valence-corrected chi connectivity index (χ3v) is 3.60. The van der Waals surface area contributed by atoms with Gasteiger partial charge >= 0.3 is 0 Å². The minimum absolute atomic E-state index is 0.409. The molecule has 5 heteroatoms. The van der Waals surface area contributed by atoms with Crippen molar-refractivity contribution >= 4 is 15.9 Å². The zero-order valence-electron chi connectivity index (χ0n) is 11.1. The first-order valence-corrected chi connectivity index (χ1v) is 7.42. The van der Waals surface area contributed by atoms with Gasteiger partial charge in [0.15, 0.2) is 0 Å². The van der Waals surface area contributed by atoms with Crippen LogP contribution in [0, 0.1) is 0 Å². The van der Waals surface area contributed by atoms with Crippen LogP contribution in [-0.2, 0) is 6.42 Å². The Hall–Kier alpha value is -1.20. The summed E-state index contributed by atoms with van der Waals surface area (Å²) in [6, 6.07) is 8.89. The van der Waals surface area contributed by atoms with Crippen LogP contribution in [0.15, 0.2) is 35.1 Å². The summed E-state index contributed by atoms with van der Waals surface area (Å²) in [6.45, 7) is 3.18. The molecule has 1 unspecified atom stereocenters. The van der Waals surface area contributed by atoms with Crippen molar-refractivity contribution in [2.75, 3.05) is 6.54 Å². The highest BCUT2D eigenvalue weighted by Crippen LogP contribution is 2.20. The van der Waals surface area contributed by atoms with Gasteiger partial charge in [-0.25, -0.2) is 4.98 Å². The molecular weight excluding hydrogens is 304 g/mol. The molecule has 0 spiro atoms. The number of nitrogens with zero attached hydrogens (tertiary/aromatic N) is 2. The number of benzene rings is 1. The molecule has 0 aliphatic carbocycles. The maximum atomic E-state index is 4.12. The SMILES string of the molecule is CCC(NCCCc1ncn[nH]1)c1cccc(Br)c1. The average molecular weight is 323 g/mol. The number of H-pyrrole nitrogens is 1. The Morgan fingerprint density at radius 3 is 3.00 bits per heavy atom. The van der Waals surface area contributed by atoms with Crippen molar-refractivity contribution in [3.8, 4) is 0 Å². The molecule has 19 heavy (non-hydrogen) atoms. The van der Waals surface area contributed by atoms with Crippen molar-refractivity contribution in [1.82, 2.24) is 20.5 Å². The fourth-order valence-electron chi connectivity index (χ4n) is 2.10. The monoisotopic (exact) mass is 322 g/mol. The van der Waals surface area contributed by atoms with Gasteiger partial charge in [0.2, 0.25) is 0 Å². The first kappa shape index (κ1) is 14.2. The second-order valence-electron chi connectivity index (χ2n) is 4.51. The van der Waals surface area contributed by atoms with Crippen molar-refractivity contribution in [3.63, 3.8) is 0 Å². The molecular formula is C14H19BrN4. The van der Waals surface area contributed by atoms with Gasteiger partial charge in [0.1, 0.15) is 12.2 Å². The van der Waals surface area contributed by atoms with Gasteiger partial charge in [0, 0.05) is 16.9 Å². The van der Waals surface area contributed by atoms with E-state index >= 15 is 0 Å². The van der Waals surface area contributed by atoms with Crippen LogP contribution in [0.25, 0.3) is 0 Å². The Balaban J connectivity index is 1.79. The topological polar surface area (TPSA) is 53.6 Å². The first-order chi connectivity index (χ1) is 9.29.